The lowest BCUT2D eigenvalue weighted by atomic mass is 9.82. The zero-order valence-electron chi connectivity index (χ0n) is 10.6. The molecule has 1 aliphatic heterocycles. The number of hydrogen-bond donors (Lipinski definition) is 3. The molecule has 0 spiro atoms. The third kappa shape index (κ3) is 2.21. The molecular formula is C14H12FN3O2. The van der Waals surface area contributed by atoms with Gasteiger partial charge in [-0.15, -0.1) is 0 Å². The molecule has 1 aliphatic rings. The molecule has 1 aromatic carbocycles. The van der Waals surface area contributed by atoms with E-state index in [9.17, 15) is 19.6 Å². The Labute approximate surface area is 114 Å². The van der Waals surface area contributed by atoms with E-state index in [1.54, 1.807) is 6.92 Å². The molecule has 102 valence electrons. The van der Waals surface area contributed by atoms with E-state index in [0.29, 0.717) is 11.3 Å². The van der Waals surface area contributed by atoms with Crippen LogP contribution in [0.2, 0.25) is 0 Å². The van der Waals surface area contributed by atoms with Crippen LogP contribution in [0.3, 0.4) is 0 Å². The molecule has 0 aromatic heterocycles. The van der Waals surface area contributed by atoms with Crippen molar-refractivity contribution in [1.82, 2.24) is 5.32 Å². The van der Waals surface area contributed by atoms with Crippen LogP contribution in [0.15, 0.2) is 46.9 Å². The number of carbonyl (C=O) groups is 1. The Balaban J connectivity index is 2.64. The Morgan fingerprint density at radius 2 is 2.05 bits per heavy atom. The van der Waals surface area contributed by atoms with E-state index < -0.39 is 17.7 Å². The Morgan fingerprint density at radius 3 is 2.55 bits per heavy atom. The Morgan fingerprint density at radius 1 is 1.45 bits per heavy atom. The molecule has 5 nitrogen and oxygen atoms in total. The zero-order valence-corrected chi connectivity index (χ0v) is 10.6. The number of halogens is 1. The van der Waals surface area contributed by atoms with Gasteiger partial charge in [-0.2, -0.15) is 5.26 Å². The highest BCUT2D eigenvalue weighted by molar-refractivity contribution is 5.91. The van der Waals surface area contributed by atoms with E-state index in [1.807, 2.05) is 6.07 Å². The molecule has 0 amide bonds. The summed E-state index contributed by atoms with van der Waals surface area (Å²) in [6.45, 7) is 1.57. The van der Waals surface area contributed by atoms with Gasteiger partial charge < -0.3 is 16.2 Å². The summed E-state index contributed by atoms with van der Waals surface area (Å²) >= 11 is 0. The van der Waals surface area contributed by atoms with Crippen LogP contribution in [0.4, 0.5) is 4.39 Å². The Bertz CT molecular complexity index is 669. The molecule has 20 heavy (non-hydrogen) atoms. The minimum atomic E-state index is -1.15. The van der Waals surface area contributed by atoms with Gasteiger partial charge in [-0.05, 0) is 24.6 Å². The molecule has 1 aromatic rings. The standard InChI is InChI=1S/C14H12FN3O2/c1-7-11(14(19)20)12(10(6-16)13(17)18-7)8-2-4-9(15)5-3-8/h2-5,12,18H,17H2,1H3,(H,19,20). The fraction of sp³-hybridized carbons (Fsp3) is 0.143. The predicted molar refractivity (Wildman–Crippen MR) is 69.4 cm³/mol. The number of rotatable bonds is 2. The van der Waals surface area contributed by atoms with Gasteiger partial charge in [0.2, 0.25) is 0 Å². The van der Waals surface area contributed by atoms with Crippen LogP contribution in [-0.2, 0) is 4.79 Å². The first-order chi connectivity index (χ1) is 9.45. The van der Waals surface area contributed by atoms with Gasteiger partial charge in [-0.25, -0.2) is 9.18 Å². The van der Waals surface area contributed by atoms with Gasteiger partial charge in [0.1, 0.15) is 11.6 Å². The topological polar surface area (TPSA) is 99.1 Å². The van der Waals surface area contributed by atoms with Crippen molar-refractivity contribution in [2.24, 2.45) is 5.73 Å². The fourth-order valence-electron chi connectivity index (χ4n) is 2.25. The van der Waals surface area contributed by atoms with Gasteiger partial charge in [0, 0.05) is 5.70 Å². The van der Waals surface area contributed by atoms with E-state index in [0.717, 1.165) is 0 Å². The van der Waals surface area contributed by atoms with E-state index in [-0.39, 0.29) is 17.0 Å². The van der Waals surface area contributed by atoms with Crippen molar-refractivity contribution in [2.75, 3.05) is 0 Å². The fourth-order valence-corrected chi connectivity index (χ4v) is 2.25. The van der Waals surface area contributed by atoms with E-state index in [1.165, 1.54) is 24.3 Å². The largest absolute Gasteiger partial charge is 0.478 e. The zero-order chi connectivity index (χ0) is 14.9. The van der Waals surface area contributed by atoms with Gasteiger partial charge in [0.05, 0.1) is 23.1 Å². The third-order valence-corrected chi connectivity index (χ3v) is 3.15. The first-order valence-corrected chi connectivity index (χ1v) is 5.82. The molecule has 1 atom stereocenters. The van der Waals surface area contributed by atoms with Gasteiger partial charge in [0.25, 0.3) is 0 Å². The van der Waals surface area contributed by atoms with Crippen molar-refractivity contribution in [2.45, 2.75) is 12.8 Å². The highest BCUT2D eigenvalue weighted by Crippen LogP contribution is 2.36. The summed E-state index contributed by atoms with van der Waals surface area (Å²) in [5.41, 5.74) is 6.75. The minimum Gasteiger partial charge on any atom is -0.478 e. The van der Waals surface area contributed by atoms with Gasteiger partial charge >= 0.3 is 5.97 Å². The summed E-state index contributed by atoms with van der Waals surface area (Å²) in [6.07, 6.45) is 0. The second-order valence-corrected chi connectivity index (χ2v) is 4.39. The van der Waals surface area contributed by atoms with Crippen molar-refractivity contribution in [1.29, 1.82) is 5.26 Å². The molecule has 0 bridgehead atoms. The number of carboxylic acids is 1. The molecule has 6 heteroatoms. The first-order valence-electron chi connectivity index (χ1n) is 5.82. The maximum absolute atomic E-state index is 13.0. The summed E-state index contributed by atoms with van der Waals surface area (Å²) in [6, 6.07) is 7.26. The lowest BCUT2D eigenvalue weighted by Crippen LogP contribution is -2.32. The van der Waals surface area contributed by atoms with Crippen LogP contribution >= 0.6 is 0 Å². The molecule has 0 aliphatic carbocycles. The SMILES string of the molecule is CC1=C(C(=O)O)C(c2ccc(F)cc2)C(C#N)=C(N)N1. The smallest absolute Gasteiger partial charge is 0.334 e. The van der Waals surface area contributed by atoms with Crippen LogP contribution in [0, 0.1) is 17.1 Å². The second-order valence-electron chi connectivity index (χ2n) is 4.39. The summed E-state index contributed by atoms with van der Waals surface area (Å²) in [5, 5.41) is 21.2. The van der Waals surface area contributed by atoms with Crippen LogP contribution in [0.25, 0.3) is 0 Å². The summed E-state index contributed by atoms with van der Waals surface area (Å²) in [7, 11) is 0. The number of nitrogens with one attached hydrogen (secondary N) is 1. The minimum absolute atomic E-state index is 0.0300. The number of aliphatic carboxylic acids is 1. The van der Waals surface area contributed by atoms with Crippen molar-refractivity contribution in [3.05, 3.63) is 58.3 Å². The van der Waals surface area contributed by atoms with Gasteiger partial charge in [-0.1, -0.05) is 12.1 Å². The lowest BCUT2D eigenvalue weighted by molar-refractivity contribution is -0.133. The number of hydrogen-bond acceptors (Lipinski definition) is 4. The summed E-state index contributed by atoms with van der Waals surface area (Å²) in [4.78, 5) is 11.4. The molecule has 0 saturated carbocycles. The Kier molecular flexibility index (Phi) is 3.44. The van der Waals surface area contributed by atoms with Gasteiger partial charge in [-0.3, -0.25) is 0 Å². The van der Waals surface area contributed by atoms with Crippen molar-refractivity contribution >= 4 is 5.97 Å². The molecule has 0 saturated heterocycles. The molecule has 0 radical (unpaired) electrons. The van der Waals surface area contributed by atoms with Crippen molar-refractivity contribution < 1.29 is 14.3 Å². The summed E-state index contributed by atoms with van der Waals surface area (Å²) < 4.78 is 13.0. The predicted octanol–water partition coefficient (Wildman–Crippen LogP) is 1.56. The normalized spacial score (nSPS) is 18.6. The van der Waals surface area contributed by atoms with Crippen LogP contribution in [-0.4, -0.2) is 11.1 Å². The number of benzene rings is 1. The molecule has 1 heterocycles. The van der Waals surface area contributed by atoms with Crippen LogP contribution < -0.4 is 11.1 Å². The van der Waals surface area contributed by atoms with Crippen LogP contribution in [0.1, 0.15) is 18.4 Å². The number of nitriles is 1. The van der Waals surface area contributed by atoms with E-state index >= 15 is 0 Å². The average Bonchev–Trinajstić information content (AvgIpc) is 2.38. The monoisotopic (exact) mass is 273 g/mol. The lowest BCUT2D eigenvalue weighted by Gasteiger charge is -2.26. The molecule has 0 fully saturated rings. The third-order valence-electron chi connectivity index (χ3n) is 3.15. The molecule has 4 N–H and O–H groups in total. The first kappa shape index (κ1) is 13.6. The van der Waals surface area contributed by atoms with E-state index in [2.05, 4.69) is 5.32 Å². The van der Waals surface area contributed by atoms with Crippen molar-refractivity contribution in [3.63, 3.8) is 0 Å². The highest BCUT2D eigenvalue weighted by Gasteiger charge is 2.33. The maximum Gasteiger partial charge on any atom is 0.334 e. The van der Waals surface area contributed by atoms with Gasteiger partial charge in [0.15, 0.2) is 0 Å². The van der Waals surface area contributed by atoms with Crippen LogP contribution in [0.5, 0.6) is 0 Å². The summed E-state index contributed by atoms with van der Waals surface area (Å²) in [5.74, 6) is -2.27. The number of dihydropyridines is 1. The number of carboxylic acid groups (broad SMARTS) is 1. The second kappa shape index (κ2) is 5.05. The molecule has 2 rings (SSSR count). The number of nitrogens with two attached hydrogens (primary N) is 1. The average molecular weight is 273 g/mol. The molecule has 1 unspecified atom stereocenters. The number of allylic oxidation sites excluding steroid dienone is 2. The van der Waals surface area contributed by atoms with Crippen molar-refractivity contribution in [3.8, 4) is 6.07 Å². The Hall–Kier alpha value is -2.81. The van der Waals surface area contributed by atoms with E-state index in [4.69, 9.17) is 5.73 Å². The maximum atomic E-state index is 13.0. The quantitative estimate of drug-likeness (QED) is 0.759. The number of nitrogens with zero attached hydrogens (tertiary/aromatic N) is 1. The highest BCUT2D eigenvalue weighted by atomic mass is 19.1. The molecular weight excluding hydrogens is 261 g/mol.